The lowest BCUT2D eigenvalue weighted by atomic mass is 10.00. The first-order chi connectivity index (χ1) is 19.3. The van der Waals surface area contributed by atoms with Crippen molar-refractivity contribution >= 4 is 22.0 Å². The zero-order chi connectivity index (χ0) is 29.5. The summed E-state index contributed by atoms with van der Waals surface area (Å²) in [6, 6.07) is 14.1. The third kappa shape index (κ3) is 6.45. The van der Waals surface area contributed by atoms with Crippen LogP contribution in [-0.2, 0) is 14.7 Å². The minimum atomic E-state index is -3.60. The molecule has 0 saturated carbocycles. The molecule has 1 saturated heterocycles. The zero-order valence-electron chi connectivity index (χ0n) is 23.9. The molecule has 0 spiro atoms. The SMILES string of the molecule is Cc1cccc(C)c1-c1cc2nc(n1)NS(=N)(=O)c1cccc(c1)C(O)N1CCN(C(=O)OC(C)(C)C)CC(C1)O2. The number of aryl methyl sites for hydroxylation is 2. The molecule has 4 atom stereocenters. The summed E-state index contributed by atoms with van der Waals surface area (Å²) in [5.41, 5.74) is 3.18. The van der Waals surface area contributed by atoms with E-state index in [0.717, 1.165) is 16.7 Å². The maximum Gasteiger partial charge on any atom is 0.410 e. The van der Waals surface area contributed by atoms with Gasteiger partial charge in [0.2, 0.25) is 11.8 Å². The van der Waals surface area contributed by atoms with E-state index in [9.17, 15) is 14.1 Å². The Morgan fingerprint density at radius 2 is 1.80 bits per heavy atom. The molecule has 3 aromatic rings. The summed E-state index contributed by atoms with van der Waals surface area (Å²) in [7, 11) is -3.60. The first-order valence-electron chi connectivity index (χ1n) is 13.5. The van der Waals surface area contributed by atoms with Gasteiger partial charge in [0.1, 0.15) is 17.9 Å². The monoisotopic (exact) mass is 580 g/mol. The predicted molar refractivity (Wildman–Crippen MR) is 155 cm³/mol. The van der Waals surface area contributed by atoms with Crippen molar-refractivity contribution in [1.82, 2.24) is 19.8 Å². The van der Waals surface area contributed by atoms with Crippen LogP contribution in [0.3, 0.4) is 0 Å². The normalized spacial score (nSPS) is 24.4. The molecule has 3 N–H and O–H groups in total. The average Bonchev–Trinajstić information content (AvgIpc) is 3.09. The van der Waals surface area contributed by atoms with Crippen LogP contribution in [0.4, 0.5) is 10.7 Å². The molecular formula is C29H36N6O5S. The largest absolute Gasteiger partial charge is 0.471 e. The summed E-state index contributed by atoms with van der Waals surface area (Å²) in [6.07, 6.45) is -2.16. The van der Waals surface area contributed by atoms with E-state index in [2.05, 4.69) is 14.7 Å². The number of hydrogen-bond donors (Lipinski definition) is 3. The van der Waals surface area contributed by atoms with Crippen molar-refractivity contribution < 1.29 is 23.6 Å². The van der Waals surface area contributed by atoms with Gasteiger partial charge in [0.05, 0.1) is 17.1 Å². The highest BCUT2D eigenvalue weighted by atomic mass is 32.2. The second-order valence-electron chi connectivity index (χ2n) is 11.4. The van der Waals surface area contributed by atoms with Crippen molar-refractivity contribution in [3.63, 3.8) is 0 Å². The lowest BCUT2D eigenvalue weighted by Gasteiger charge is -2.29. The van der Waals surface area contributed by atoms with Crippen LogP contribution in [0.1, 0.15) is 43.7 Å². The third-order valence-corrected chi connectivity index (χ3v) is 8.36. The van der Waals surface area contributed by atoms with E-state index < -0.39 is 33.9 Å². The first kappa shape index (κ1) is 28.8. The van der Waals surface area contributed by atoms with Gasteiger partial charge in [-0.2, -0.15) is 4.98 Å². The average molecular weight is 581 g/mol. The number of anilines is 1. The molecule has 1 aromatic heterocycles. The van der Waals surface area contributed by atoms with Crippen LogP contribution in [0.15, 0.2) is 53.4 Å². The fourth-order valence-electron chi connectivity index (χ4n) is 5.09. The third-order valence-electron chi connectivity index (χ3n) is 6.97. The molecule has 4 unspecified atom stereocenters. The van der Waals surface area contributed by atoms with E-state index in [-0.39, 0.29) is 29.8 Å². The van der Waals surface area contributed by atoms with E-state index in [1.54, 1.807) is 40.1 Å². The number of benzene rings is 2. The van der Waals surface area contributed by atoms with Crippen molar-refractivity contribution in [1.29, 1.82) is 4.78 Å². The van der Waals surface area contributed by atoms with Crippen molar-refractivity contribution in [2.24, 2.45) is 0 Å². The zero-order valence-corrected chi connectivity index (χ0v) is 24.7. The molecule has 12 heteroatoms. The topological polar surface area (TPSA) is 141 Å². The van der Waals surface area contributed by atoms with Crippen molar-refractivity contribution in [2.45, 2.75) is 57.4 Å². The minimum Gasteiger partial charge on any atom is -0.471 e. The molecule has 0 radical (unpaired) electrons. The lowest BCUT2D eigenvalue weighted by molar-refractivity contribution is -0.0119. The van der Waals surface area contributed by atoms with Crippen LogP contribution in [0, 0.1) is 18.6 Å². The Labute approximate surface area is 240 Å². The van der Waals surface area contributed by atoms with Gasteiger partial charge in [0.25, 0.3) is 0 Å². The summed E-state index contributed by atoms with van der Waals surface area (Å²) in [5, 5.41) is 11.4. The molecule has 2 aliphatic rings. The Balaban J connectivity index is 1.63. The second kappa shape index (κ2) is 10.9. The quantitative estimate of drug-likeness (QED) is 0.382. The number of carbonyl (C=O) groups is 1. The molecule has 5 rings (SSSR count). The highest BCUT2D eigenvalue weighted by Crippen LogP contribution is 2.31. The van der Waals surface area contributed by atoms with Gasteiger partial charge in [-0.25, -0.2) is 18.8 Å². The molecular weight excluding hydrogens is 544 g/mol. The van der Waals surface area contributed by atoms with Gasteiger partial charge in [0, 0.05) is 31.3 Å². The number of aliphatic hydroxyl groups excluding tert-OH is 1. The number of carbonyl (C=O) groups excluding carboxylic acids is 1. The fourth-order valence-corrected chi connectivity index (χ4v) is 6.12. The van der Waals surface area contributed by atoms with E-state index in [1.807, 2.05) is 52.8 Å². The van der Waals surface area contributed by atoms with E-state index >= 15 is 0 Å². The van der Waals surface area contributed by atoms with Crippen LogP contribution in [0.25, 0.3) is 11.3 Å². The van der Waals surface area contributed by atoms with Crippen LogP contribution >= 0.6 is 0 Å². The van der Waals surface area contributed by atoms with Gasteiger partial charge in [-0.1, -0.05) is 30.3 Å². The van der Waals surface area contributed by atoms with Gasteiger partial charge in [0.15, 0.2) is 9.92 Å². The number of aliphatic hydroxyl groups is 1. The summed E-state index contributed by atoms with van der Waals surface area (Å²) >= 11 is 0. The number of amides is 1. The van der Waals surface area contributed by atoms with Gasteiger partial charge in [-0.3, -0.25) is 9.62 Å². The van der Waals surface area contributed by atoms with Crippen LogP contribution in [-0.4, -0.2) is 73.1 Å². The molecule has 1 fully saturated rings. The summed E-state index contributed by atoms with van der Waals surface area (Å²) in [6.45, 7) is 10.5. The summed E-state index contributed by atoms with van der Waals surface area (Å²) in [5.74, 6) is 0.159. The first-order valence-corrected chi connectivity index (χ1v) is 15.0. The van der Waals surface area contributed by atoms with Crippen LogP contribution in [0.5, 0.6) is 5.88 Å². The number of nitrogens with zero attached hydrogens (tertiary/aromatic N) is 4. The maximum absolute atomic E-state index is 13.6. The summed E-state index contributed by atoms with van der Waals surface area (Å²) in [4.78, 5) is 25.7. The number of nitrogens with one attached hydrogen (secondary N) is 2. The van der Waals surface area contributed by atoms with E-state index in [0.29, 0.717) is 24.3 Å². The highest BCUT2D eigenvalue weighted by molar-refractivity contribution is 7.93. The second-order valence-corrected chi connectivity index (χ2v) is 13.2. The Morgan fingerprint density at radius 3 is 2.51 bits per heavy atom. The molecule has 41 heavy (non-hydrogen) atoms. The number of fused-ring (bicyclic) bond motifs is 6. The van der Waals surface area contributed by atoms with Crippen LogP contribution in [0.2, 0.25) is 0 Å². The Hall–Kier alpha value is -3.74. The van der Waals surface area contributed by atoms with Crippen LogP contribution < -0.4 is 9.46 Å². The van der Waals surface area contributed by atoms with E-state index in [4.69, 9.17) is 14.3 Å². The molecule has 0 aliphatic carbocycles. The highest BCUT2D eigenvalue weighted by Gasteiger charge is 2.33. The molecule has 6 bridgehead atoms. The standard InChI is InChI=1S/C29H36N6O5S/c1-18-8-6-9-19(2)25(18)23-15-24-32-27(31-23)33-41(30,38)22-11-7-10-20(14-22)26(36)34-12-13-35(17-21(16-34)39-24)28(37)40-29(3,4)5/h6-11,14-15,21,26,36H,12-13,16-17H2,1-5H3,(H2,30,31,32,33,38). The van der Waals surface area contributed by atoms with Gasteiger partial charge < -0.3 is 19.5 Å². The molecule has 218 valence electrons. The fraction of sp³-hybridized carbons (Fsp3) is 0.414. The van der Waals surface area contributed by atoms with Crippen molar-refractivity contribution in [2.75, 3.05) is 30.9 Å². The van der Waals surface area contributed by atoms with Crippen molar-refractivity contribution in [3.05, 3.63) is 65.2 Å². The lowest BCUT2D eigenvalue weighted by Crippen LogP contribution is -2.43. The Kier molecular flexibility index (Phi) is 7.66. The molecule has 3 heterocycles. The van der Waals surface area contributed by atoms with Gasteiger partial charge in [-0.15, -0.1) is 0 Å². The number of rotatable bonds is 1. The van der Waals surface area contributed by atoms with Gasteiger partial charge in [-0.05, 0) is 63.4 Å². The number of hydrogen-bond acceptors (Lipinski definition) is 9. The number of ether oxygens (including phenoxy) is 2. The smallest absolute Gasteiger partial charge is 0.410 e. The molecule has 2 aliphatic heterocycles. The Morgan fingerprint density at radius 1 is 1.10 bits per heavy atom. The molecule has 1 amide bonds. The minimum absolute atomic E-state index is 0.0279. The van der Waals surface area contributed by atoms with Gasteiger partial charge >= 0.3 is 6.09 Å². The molecule has 11 nitrogen and oxygen atoms in total. The maximum atomic E-state index is 13.6. The predicted octanol–water partition coefficient (Wildman–Crippen LogP) is 4.50. The van der Waals surface area contributed by atoms with Crippen molar-refractivity contribution in [3.8, 4) is 17.1 Å². The Bertz CT molecular complexity index is 1550. The van der Waals surface area contributed by atoms with E-state index in [1.165, 1.54) is 0 Å². The molecule has 2 aromatic carbocycles. The summed E-state index contributed by atoms with van der Waals surface area (Å²) < 4.78 is 37.0. The number of aromatic nitrogens is 2.